The molecule has 1 atom stereocenters. The lowest BCUT2D eigenvalue weighted by molar-refractivity contribution is 0.286. The van der Waals surface area contributed by atoms with E-state index in [1.165, 1.54) is 22.3 Å². The van der Waals surface area contributed by atoms with Gasteiger partial charge in [0.1, 0.15) is 0 Å². The zero-order chi connectivity index (χ0) is 16.9. The van der Waals surface area contributed by atoms with Gasteiger partial charge >= 0.3 is 0 Å². The molecule has 3 rings (SSSR count). The summed E-state index contributed by atoms with van der Waals surface area (Å²) < 4.78 is 11.6. The number of rotatable bonds is 6. The summed E-state index contributed by atoms with van der Waals surface area (Å²) >= 11 is 0. The molecule has 0 unspecified atom stereocenters. The molecule has 1 N–H and O–H groups in total. The van der Waals surface area contributed by atoms with Crippen LogP contribution < -0.4 is 14.8 Å². The van der Waals surface area contributed by atoms with Crippen molar-refractivity contribution in [3.63, 3.8) is 0 Å². The molecule has 3 nitrogen and oxygen atoms in total. The summed E-state index contributed by atoms with van der Waals surface area (Å²) in [5.41, 5.74) is 5.33. The monoisotopic (exact) mass is 325 g/mol. The van der Waals surface area contributed by atoms with E-state index < -0.39 is 0 Å². The molecular formula is C21H27NO2. The predicted molar refractivity (Wildman–Crippen MR) is 98.1 cm³/mol. The van der Waals surface area contributed by atoms with E-state index >= 15 is 0 Å². The van der Waals surface area contributed by atoms with Crippen molar-refractivity contribution in [1.82, 2.24) is 5.32 Å². The van der Waals surface area contributed by atoms with Crippen LogP contribution in [0.1, 0.15) is 49.1 Å². The molecule has 128 valence electrons. The maximum Gasteiger partial charge on any atom is 0.161 e. The lowest BCUT2D eigenvalue weighted by atomic mass is 9.89. The molecule has 1 heterocycles. The SMILES string of the molecule is CCOc1cc2c(cc1OCC)[C@H](c1ccc(CC)cc1)NCC2. The summed E-state index contributed by atoms with van der Waals surface area (Å²) in [7, 11) is 0. The van der Waals surface area contributed by atoms with Crippen LogP contribution >= 0.6 is 0 Å². The number of hydrogen-bond acceptors (Lipinski definition) is 3. The van der Waals surface area contributed by atoms with E-state index in [0.29, 0.717) is 13.2 Å². The first-order valence-corrected chi connectivity index (χ1v) is 9.01. The van der Waals surface area contributed by atoms with Crippen molar-refractivity contribution >= 4 is 0 Å². The van der Waals surface area contributed by atoms with Gasteiger partial charge in [-0.3, -0.25) is 0 Å². The molecule has 0 amide bonds. The molecule has 2 aromatic rings. The van der Waals surface area contributed by atoms with Crippen LogP contribution in [-0.4, -0.2) is 19.8 Å². The van der Waals surface area contributed by atoms with Gasteiger partial charge in [0, 0.05) is 6.54 Å². The fraction of sp³-hybridized carbons (Fsp3) is 0.429. The Morgan fingerprint density at radius 2 is 1.62 bits per heavy atom. The largest absolute Gasteiger partial charge is 0.490 e. The Morgan fingerprint density at radius 3 is 2.25 bits per heavy atom. The molecule has 0 saturated heterocycles. The first-order chi connectivity index (χ1) is 11.8. The van der Waals surface area contributed by atoms with Gasteiger partial charge in [0.2, 0.25) is 0 Å². The molecule has 0 aromatic heterocycles. The summed E-state index contributed by atoms with van der Waals surface area (Å²) in [4.78, 5) is 0. The molecule has 0 saturated carbocycles. The van der Waals surface area contributed by atoms with Crippen molar-refractivity contribution < 1.29 is 9.47 Å². The number of aryl methyl sites for hydroxylation is 1. The zero-order valence-electron chi connectivity index (χ0n) is 14.9. The molecule has 3 heteroatoms. The Kier molecular flexibility index (Phi) is 5.41. The highest BCUT2D eigenvalue weighted by Gasteiger charge is 2.24. The zero-order valence-corrected chi connectivity index (χ0v) is 14.9. The average molecular weight is 325 g/mol. The minimum absolute atomic E-state index is 0.217. The second-order valence-electron chi connectivity index (χ2n) is 6.10. The van der Waals surface area contributed by atoms with Crippen LogP contribution in [0.2, 0.25) is 0 Å². The van der Waals surface area contributed by atoms with Gasteiger partial charge in [0.15, 0.2) is 11.5 Å². The number of nitrogens with one attached hydrogen (secondary N) is 1. The Labute approximate surface area is 145 Å². The number of ether oxygens (including phenoxy) is 2. The molecule has 0 radical (unpaired) electrons. The molecule has 24 heavy (non-hydrogen) atoms. The molecule has 0 fully saturated rings. The summed E-state index contributed by atoms with van der Waals surface area (Å²) in [6.07, 6.45) is 2.09. The topological polar surface area (TPSA) is 30.5 Å². The van der Waals surface area contributed by atoms with Gasteiger partial charge < -0.3 is 14.8 Å². The number of benzene rings is 2. The fourth-order valence-corrected chi connectivity index (χ4v) is 3.34. The third kappa shape index (κ3) is 3.41. The normalized spacial score (nSPS) is 16.5. The lowest BCUT2D eigenvalue weighted by Gasteiger charge is -2.29. The van der Waals surface area contributed by atoms with Crippen LogP contribution in [0, 0.1) is 0 Å². The summed E-state index contributed by atoms with van der Waals surface area (Å²) in [5.74, 6) is 1.71. The van der Waals surface area contributed by atoms with Gasteiger partial charge in [-0.1, -0.05) is 31.2 Å². The highest BCUT2D eigenvalue weighted by Crippen LogP contribution is 2.37. The first kappa shape index (κ1) is 16.8. The Hall–Kier alpha value is -2.00. The number of hydrogen-bond donors (Lipinski definition) is 1. The molecule has 1 aliphatic rings. The predicted octanol–water partition coefficient (Wildman–Crippen LogP) is 4.28. The van der Waals surface area contributed by atoms with E-state index in [1.807, 2.05) is 13.8 Å². The standard InChI is InChI=1S/C21H27NO2/c1-4-15-7-9-16(10-8-15)21-18-14-20(24-6-3)19(23-5-2)13-17(18)11-12-22-21/h7-10,13-14,21-22H,4-6,11-12H2,1-3H3/t21-/m0/s1. The van der Waals surface area contributed by atoms with Gasteiger partial charge in [-0.05, 0) is 61.1 Å². The second-order valence-corrected chi connectivity index (χ2v) is 6.10. The molecule has 0 aliphatic carbocycles. The Bertz CT molecular complexity index is 679. The van der Waals surface area contributed by atoms with E-state index in [2.05, 4.69) is 48.6 Å². The van der Waals surface area contributed by atoms with Crippen molar-refractivity contribution in [1.29, 1.82) is 0 Å². The molecule has 2 aromatic carbocycles. The Balaban J connectivity index is 2.00. The van der Waals surface area contributed by atoms with Crippen molar-refractivity contribution in [2.75, 3.05) is 19.8 Å². The van der Waals surface area contributed by atoms with E-state index in [0.717, 1.165) is 30.9 Å². The van der Waals surface area contributed by atoms with Crippen molar-refractivity contribution in [2.45, 2.75) is 39.7 Å². The maximum absolute atomic E-state index is 5.82. The molecule has 0 bridgehead atoms. The quantitative estimate of drug-likeness (QED) is 0.860. The minimum atomic E-state index is 0.217. The van der Waals surface area contributed by atoms with Crippen LogP contribution in [0.3, 0.4) is 0 Å². The van der Waals surface area contributed by atoms with Gasteiger partial charge in [0.05, 0.1) is 19.3 Å². The third-order valence-corrected chi connectivity index (χ3v) is 4.58. The Morgan fingerprint density at radius 1 is 0.958 bits per heavy atom. The van der Waals surface area contributed by atoms with E-state index in [1.54, 1.807) is 0 Å². The van der Waals surface area contributed by atoms with Crippen molar-refractivity contribution in [3.8, 4) is 11.5 Å². The molecule has 1 aliphatic heterocycles. The van der Waals surface area contributed by atoms with Gasteiger partial charge in [-0.2, -0.15) is 0 Å². The molecule has 0 spiro atoms. The van der Waals surface area contributed by atoms with E-state index in [4.69, 9.17) is 9.47 Å². The van der Waals surface area contributed by atoms with Crippen molar-refractivity contribution in [2.24, 2.45) is 0 Å². The van der Waals surface area contributed by atoms with Gasteiger partial charge in [-0.25, -0.2) is 0 Å². The maximum atomic E-state index is 5.82. The first-order valence-electron chi connectivity index (χ1n) is 9.01. The van der Waals surface area contributed by atoms with Crippen LogP contribution in [0.5, 0.6) is 11.5 Å². The highest BCUT2D eigenvalue weighted by molar-refractivity contribution is 5.51. The fourth-order valence-electron chi connectivity index (χ4n) is 3.34. The van der Waals surface area contributed by atoms with Crippen LogP contribution in [0.25, 0.3) is 0 Å². The van der Waals surface area contributed by atoms with Crippen LogP contribution in [-0.2, 0) is 12.8 Å². The smallest absolute Gasteiger partial charge is 0.161 e. The van der Waals surface area contributed by atoms with E-state index in [-0.39, 0.29) is 6.04 Å². The molecular weight excluding hydrogens is 298 g/mol. The average Bonchev–Trinajstić information content (AvgIpc) is 2.62. The minimum Gasteiger partial charge on any atom is -0.490 e. The third-order valence-electron chi connectivity index (χ3n) is 4.58. The van der Waals surface area contributed by atoms with Crippen LogP contribution in [0.4, 0.5) is 0 Å². The van der Waals surface area contributed by atoms with Crippen molar-refractivity contribution in [3.05, 3.63) is 58.7 Å². The van der Waals surface area contributed by atoms with Gasteiger partial charge in [-0.15, -0.1) is 0 Å². The van der Waals surface area contributed by atoms with Crippen LogP contribution in [0.15, 0.2) is 36.4 Å². The highest BCUT2D eigenvalue weighted by atomic mass is 16.5. The van der Waals surface area contributed by atoms with E-state index in [9.17, 15) is 0 Å². The summed E-state index contributed by atoms with van der Waals surface area (Å²) in [6, 6.07) is 13.5. The summed E-state index contributed by atoms with van der Waals surface area (Å²) in [5, 5.41) is 3.65. The lowest BCUT2D eigenvalue weighted by Crippen LogP contribution is -2.30. The summed E-state index contributed by atoms with van der Waals surface area (Å²) in [6.45, 7) is 8.48. The van der Waals surface area contributed by atoms with Gasteiger partial charge in [0.25, 0.3) is 0 Å². The number of fused-ring (bicyclic) bond motifs is 1. The second kappa shape index (κ2) is 7.71.